The van der Waals surface area contributed by atoms with E-state index in [0.717, 1.165) is 11.1 Å². The van der Waals surface area contributed by atoms with Gasteiger partial charge in [0.2, 0.25) is 0 Å². The SMILES string of the molecule is C=C/C=C(\C=C(C)C)[C@H](C)CC(=O)c1ccccc1. The van der Waals surface area contributed by atoms with Gasteiger partial charge in [0.05, 0.1) is 0 Å². The van der Waals surface area contributed by atoms with Gasteiger partial charge in [0.15, 0.2) is 5.78 Å². The highest BCUT2D eigenvalue weighted by Gasteiger charge is 2.13. The molecule has 0 unspecified atom stereocenters. The molecule has 0 heterocycles. The molecule has 1 atom stereocenters. The molecular formula is C18H22O. The summed E-state index contributed by atoms with van der Waals surface area (Å²) in [7, 11) is 0. The molecule has 1 aromatic carbocycles. The number of ketones is 1. The molecule has 0 N–H and O–H groups in total. The third-order valence-corrected chi connectivity index (χ3v) is 2.92. The summed E-state index contributed by atoms with van der Waals surface area (Å²) in [5.41, 5.74) is 3.16. The van der Waals surface area contributed by atoms with Crippen LogP contribution >= 0.6 is 0 Å². The molecule has 0 radical (unpaired) electrons. The molecule has 0 spiro atoms. The Morgan fingerprint density at radius 1 is 1.26 bits per heavy atom. The average molecular weight is 254 g/mol. The van der Waals surface area contributed by atoms with Crippen molar-refractivity contribution in [1.29, 1.82) is 0 Å². The minimum Gasteiger partial charge on any atom is -0.294 e. The van der Waals surface area contributed by atoms with Crippen LogP contribution in [0.1, 0.15) is 37.6 Å². The first kappa shape index (κ1) is 15.2. The van der Waals surface area contributed by atoms with Gasteiger partial charge in [0, 0.05) is 12.0 Å². The number of carbonyl (C=O) groups excluding carboxylic acids is 1. The molecule has 0 aliphatic rings. The molecule has 0 saturated carbocycles. The third-order valence-electron chi connectivity index (χ3n) is 2.92. The average Bonchev–Trinajstić information content (AvgIpc) is 2.38. The van der Waals surface area contributed by atoms with E-state index in [-0.39, 0.29) is 11.7 Å². The lowest BCUT2D eigenvalue weighted by Crippen LogP contribution is -2.07. The highest BCUT2D eigenvalue weighted by Crippen LogP contribution is 2.20. The Balaban J connectivity index is 2.80. The Bertz CT molecular complexity index is 488. The Morgan fingerprint density at radius 3 is 2.42 bits per heavy atom. The molecule has 19 heavy (non-hydrogen) atoms. The van der Waals surface area contributed by atoms with Crippen molar-refractivity contribution >= 4 is 5.78 Å². The minimum atomic E-state index is 0.185. The Kier molecular flexibility index (Phi) is 6.01. The zero-order chi connectivity index (χ0) is 14.3. The van der Waals surface area contributed by atoms with Crippen molar-refractivity contribution in [2.24, 2.45) is 5.92 Å². The molecule has 1 rings (SSSR count). The molecule has 0 bridgehead atoms. The van der Waals surface area contributed by atoms with E-state index < -0.39 is 0 Å². The molecule has 0 aliphatic carbocycles. The fraction of sp³-hybridized carbons (Fsp3) is 0.278. The van der Waals surface area contributed by atoms with Crippen LogP contribution in [0.4, 0.5) is 0 Å². The molecule has 0 amide bonds. The van der Waals surface area contributed by atoms with Crippen molar-refractivity contribution in [2.75, 3.05) is 0 Å². The van der Waals surface area contributed by atoms with E-state index in [0.29, 0.717) is 6.42 Å². The van der Waals surface area contributed by atoms with E-state index in [1.807, 2.05) is 36.4 Å². The second-order valence-corrected chi connectivity index (χ2v) is 5.02. The predicted octanol–water partition coefficient (Wildman–Crippen LogP) is 4.97. The van der Waals surface area contributed by atoms with Gasteiger partial charge in [-0.1, -0.05) is 67.6 Å². The fourth-order valence-electron chi connectivity index (χ4n) is 1.96. The number of benzene rings is 1. The second-order valence-electron chi connectivity index (χ2n) is 5.02. The van der Waals surface area contributed by atoms with Gasteiger partial charge in [-0.15, -0.1) is 0 Å². The Labute approximate surface area is 116 Å². The number of allylic oxidation sites excluding steroid dienone is 5. The summed E-state index contributed by atoms with van der Waals surface area (Å²) in [5.74, 6) is 0.380. The highest BCUT2D eigenvalue weighted by atomic mass is 16.1. The normalized spacial score (nSPS) is 12.7. The van der Waals surface area contributed by atoms with E-state index in [1.54, 1.807) is 6.08 Å². The minimum absolute atomic E-state index is 0.185. The lowest BCUT2D eigenvalue weighted by molar-refractivity contribution is 0.0970. The van der Waals surface area contributed by atoms with Gasteiger partial charge < -0.3 is 0 Å². The third kappa shape index (κ3) is 5.09. The van der Waals surface area contributed by atoms with E-state index in [2.05, 4.69) is 33.4 Å². The summed E-state index contributed by atoms with van der Waals surface area (Å²) < 4.78 is 0. The van der Waals surface area contributed by atoms with Gasteiger partial charge in [-0.25, -0.2) is 0 Å². The first-order valence-corrected chi connectivity index (χ1v) is 6.60. The van der Waals surface area contributed by atoms with Crippen molar-refractivity contribution in [3.8, 4) is 0 Å². The van der Waals surface area contributed by atoms with Gasteiger partial charge >= 0.3 is 0 Å². The second kappa shape index (κ2) is 7.52. The molecule has 1 heteroatoms. The van der Waals surface area contributed by atoms with Crippen LogP contribution in [-0.4, -0.2) is 5.78 Å². The van der Waals surface area contributed by atoms with Gasteiger partial charge in [0.25, 0.3) is 0 Å². The van der Waals surface area contributed by atoms with E-state index in [4.69, 9.17) is 0 Å². The van der Waals surface area contributed by atoms with Crippen LogP contribution in [0.15, 0.2) is 66.3 Å². The smallest absolute Gasteiger partial charge is 0.163 e. The molecule has 0 fully saturated rings. The zero-order valence-corrected chi connectivity index (χ0v) is 12.0. The maximum atomic E-state index is 12.2. The molecule has 1 aromatic rings. The fourth-order valence-corrected chi connectivity index (χ4v) is 1.96. The van der Waals surface area contributed by atoms with Crippen LogP contribution in [-0.2, 0) is 0 Å². The summed E-state index contributed by atoms with van der Waals surface area (Å²) in [5, 5.41) is 0. The Hall–Kier alpha value is -1.89. The largest absolute Gasteiger partial charge is 0.294 e. The van der Waals surface area contributed by atoms with Crippen molar-refractivity contribution in [2.45, 2.75) is 27.2 Å². The standard InChI is InChI=1S/C18H22O/c1-5-9-17(12-14(2)3)15(4)13-18(19)16-10-7-6-8-11-16/h5-12,15H,1,13H2,2-4H3/b17-9+/t15-/m1/s1. The summed E-state index contributed by atoms with van der Waals surface area (Å²) in [6.45, 7) is 9.93. The quantitative estimate of drug-likeness (QED) is 0.517. The van der Waals surface area contributed by atoms with Crippen molar-refractivity contribution in [1.82, 2.24) is 0 Å². The van der Waals surface area contributed by atoms with Crippen LogP contribution in [0.25, 0.3) is 0 Å². The van der Waals surface area contributed by atoms with Gasteiger partial charge in [-0.3, -0.25) is 4.79 Å². The number of hydrogen-bond acceptors (Lipinski definition) is 1. The molecule has 1 nitrogen and oxygen atoms in total. The summed E-state index contributed by atoms with van der Waals surface area (Å²) in [4.78, 5) is 12.2. The van der Waals surface area contributed by atoms with Gasteiger partial charge in [-0.2, -0.15) is 0 Å². The molecule has 0 saturated heterocycles. The summed E-state index contributed by atoms with van der Waals surface area (Å²) >= 11 is 0. The van der Waals surface area contributed by atoms with E-state index in [9.17, 15) is 4.79 Å². The van der Waals surface area contributed by atoms with Crippen LogP contribution in [0, 0.1) is 5.92 Å². The maximum Gasteiger partial charge on any atom is 0.163 e. The lowest BCUT2D eigenvalue weighted by atomic mass is 9.91. The monoisotopic (exact) mass is 254 g/mol. The lowest BCUT2D eigenvalue weighted by Gasteiger charge is -2.12. The van der Waals surface area contributed by atoms with E-state index in [1.165, 1.54) is 5.57 Å². The molecule has 100 valence electrons. The topological polar surface area (TPSA) is 17.1 Å². The van der Waals surface area contributed by atoms with Gasteiger partial charge in [0.1, 0.15) is 0 Å². The van der Waals surface area contributed by atoms with Crippen molar-refractivity contribution in [3.05, 3.63) is 71.8 Å². The predicted molar refractivity (Wildman–Crippen MR) is 82.3 cm³/mol. The van der Waals surface area contributed by atoms with Crippen molar-refractivity contribution < 1.29 is 4.79 Å². The van der Waals surface area contributed by atoms with Gasteiger partial charge in [-0.05, 0) is 25.3 Å². The number of hydrogen-bond donors (Lipinski definition) is 0. The van der Waals surface area contributed by atoms with Crippen LogP contribution < -0.4 is 0 Å². The van der Waals surface area contributed by atoms with Crippen LogP contribution in [0.2, 0.25) is 0 Å². The number of rotatable bonds is 6. The van der Waals surface area contributed by atoms with Crippen molar-refractivity contribution in [3.63, 3.8) is 0 Å². The summed E-state index contributed by atoms with van der Waals surface area (Å²) in [6.07, 6.45) is 6.40. The Morgan fingerprint density at radius 2 is 1.89 bits per heavy atom. The first-order chi connectivity index (χ1) is 9.04. The highest BCUT2D eigenvalue weighted by molar-refractivity contribution is 5.96. The first-order valence-electron chi connectivity index (χ1n) is 6.60. The molecule has 0 aliphatic heterocycles. The number of carbonyl (C=O) groups is 1. The summed E-state index contributed by atoms with van der Waals surface area (Å²) in [6, 6.07) is 9.45. The molecule has 0 aromatic heterocycles. The van der Waals surface area contributed by atoms with E-state index >= 15 is 0 Å². The van der Waals surface area contributed by atoms with Crippen LogP contribution in [0.5, 0.6) is 0 Å². The zero-order valence-electron chi connectivity index (χ0n) is 12.0. The number of Topliss-reactive ketones (excluding diaryl/α,β-unsaturated/α-hetero) is 1. The van der Waals surface area contributed by atoms with Crippen LogP contribution in [0.3, 0.4) is 0 Å². The molecular weight excluding hydrogens is 232 g/mol. The maximum absolute atomic E-state index is 12.2.